The minimum atomic E-state index is -0.805. The third-order valence-corrected chi connectivity index (χ3v) is 12.2. The van der Waals surface area contributed by atoms with Crippen LogP contribution in [0.15, 0.2) is 134 Å². The summed E-state index contributed by atoms with van der Waals surface area (Å²) >= 11 is 0. The summed E-state index contributed by atoms with van der Waals surface area (Å²) in [6, 6.07) is 0. The molecule has 0 heterocycles. The highest BCUT2D eigenvalue weighted by Crippen LogP contribution is 2.14. The molecule has 0 spiro atoms. The van der Waals surface area contributed by atoms with Gasteiger partial charge in [0, 0.05) is 19.3 Å². The average Bonchev–Trinajstić information content (AvgIpc) is 3.39. The molecule has 6 nitrogen and oxygen atoms in total. The van der Waals surface area contributed by atoms with Crippen LogP contribution in [0.1, 0.15) is 252 Å². The highest BCUT2D eigenvalue weighted by molar-refractivity contribution is 5.71. The summed E-state index contributed by atoms with van der Waals surface area (Å²) in [5.41, 5.74) is 0. The van der Waals surface area contributed by atoms with Crippen molar-refractivity contribution in [3.05, 3.63) is 134 Å². The van der Waals surface area contributed by atoms with E-state index in [1.807, 2.05) is 0 Å². The Kier molecular flexibility index (Phi) is 56.4. The number of hydrogen-bond acceptors (Lipinski definition) is 6. The predicted molar refractivity (Wildman–Crippen MR) is 316 cm³/mol. The number of ether oxygens (including phenoxy) is 3. The molecule has 0 amide bonds. The molecular weight excluding hydrogens is 901 g/mol. The van der Waals surface area contributed by atoms with Gasteiger partial charge in [-0.2, -0.15) is 0 Å². The SMILES string of the molecule is CC/C=C\C/C=C\C/C=C\C/C=C\C/C=C\C/C=C\CCCCCCCCC(=O)OCC(COC(=O)CCCCCCCCCCCCC)OC(=O)CCCCC/C=C\C/C=C\C/C=C\C/C=C\C/C=C\CC. The van der Waals surface area contributed by atoms with Gasteiger partial charge in [-0.3, -0.25) is 14.4 Å². The summed E-state index contributed by atoms with van der Waals surface area (Å²) < 4.78 is 16.8. The van der Waals surface area contributed by atoms with Crippen molar-refractivity contribution in [1.82, 2.24) is 0 Å². The van der Waals surface area contributed by atoms with Crippen molar-refractivity contribution < 1.29 is 28.6 Å². The van der Waals surface area contributed by atoms with Crippen molar-refractivity contribution in [2.45, 2.75) is 258 Å². The van der Waals surface area contributed by atoms with Gasteiger partial charge in [-0.05, 0) is 116 Å². The third kappa shape index (κ3) is 58.3. The normalized spacial score (nSPS) is 13.1. The zero-order chi connectivity index (χ0) is 52.9. The molecule has 6 heteroatoms. The van der Waals surface area contributed by atoms with Gasteiger partial charge in [-0.15, -0.1) is 0 Å². The molecule has 1 atom stereocenters. The Bertz CT molecular complexity index is 1580. The Labute approximate surface area is 449 Å². The quantitative estimate of drug-likeness (QED) is 0.0261. The van der Waals surface area contributed by atoms with Crippen molar-refractivity contribution in [3.8, 4) is 0 Å². The highest BCUT2D eigenvalue weighted by Gasteiger charge is 2.19. The van der Waals surface area contributed by atoms with Crippen molar-refractivity contribution in [1.29, 1.82) is 0 Å². The van der Waals surface area contributed by atoms with E-state index in [9.17, 15) is 14.4 Å². The van der Waals surface area contributed by atoms with Crippen molar-refractivity contribution in [3.63, 3.8) is 0 Å². The van der Waals surface area contributed by atoms with Crippen LogP contribution in [0.25, 0.3) is 0 Å². The number of rotatable bonds is 52. The molecule has 412 valence electrons. The molecule has 0 bridgehead atoms. The Morgan fingerprint density at radius 1 is 0.288 bits per heavy atom. The standard InChI is InChI=1S/C67H108O6/c1-4-7-10-13-16-19-22-24-26-28-30-31-32-33-34-35-37-38-40-42-45-48-51-54-57-60-66(69)72-63-64(62-71-65(68)59-56-53-50-47-44-21-18-15-12-9-6-3)73-67(70)61-58-55-52-49-46-43-41-39-36-29-27-25-23-20-17-14-11-8-5-2/h7-8,10-11,16-17,19-20,24-27,30-31,33-34,36-39,43,46,64H,4-6,9,12-15,18,21-23,28-29,32,35,40-42,44-45,47-63H2,1-3H3/b10-7-,11-8-,19-16-,20-17-,26-24-,27-25-,31-30-,34-33-,38-37-,39-36-,46-43-. The molecule has 0 aliphatic rings. The van der Waals surface area contributed by atoms with E-state index < -0.39 is 6.10 Å². The van der Waals surface area contributed by atoms with Crippen molar-refractivity contribution in [2.75, 3.05) is 13.2 Å². The van der Waals surface area contributed by atoms with Crippen LogP contribution in [0.4, 0.5) is 0 Å². The molecule has 0 N–H and O–H groups in total. The molecule has 0 saturated carbocycles. The van der Waals surface area contributed by atoms with Gasteiger partial charge in [0.1, 0.15) is 13.2 Å². The monoisotopic (exact) mass is 1010 g/mol. The van der Waals surface area contributed by atoms with Gasteiger partial charge in [0.15, 0.2) is 6.10 Å². The van der Waals surface area contributed by atoms with E-state index in [0.29, 0.717) is 12.8 Å². The minimum absolute atomic E-state index is 0.0987. The van der Waals surface area contributed by atoms with E-state index in [-0.39, 0.29) is 37.5 Å². The first-order chi connectivity index (χ1) is 36.0. The average molecular weight is 1010 g/mol. The number of unbranched alkanes of at least 4 members (excludes halogenated alkanes) is 19. The number of carbonyl (C=O) groups excluding carboxylic acids is 3. The maximum Gasteiger partial charge on any atom is 0.306 e. The van der Waals surface area contributed by atoms with E-state index in [1.54, 1.807) is 0 Å². The topological polar surface area (TPSA) is 78.9 Å². The van der Waals surface area contributed by atoms with E-state index in [2.05, 4.69) is 154 Å². The van der Waals surface area contributed by atoms with Crippen LogP contribution in [0.2, 0.25) is 0 Å². The first-order valence-electron chi connectivity index (χ1n) is 29.7. The number of esters is 3. The first-order valence-corrected chi connectivity index (χ1v) is 29.7. The molecule has 0 aromatic rings. The fraction of sp³-hybridized carbons (Fsp3) is 0.627. The molecule has 0 aliphatic carbocycles. The van der Waals surface area contributed by atoms with Crippen molar-refractivity contribution >= 4 is 17.9 Å². The lowest BCUT2D eigenvalue weighted by Gasteiger charge is -2.18. The van der Waals surface area contributed by atoms with Gasteiger partial charge in [-0.25, -0.2) is 0 Å². The molecule has 0 aromatic carbocycles. The molecule has 0 saturated heterocycles. The summed E-state index contributed by atoms with van der Waals surface area (Å²) in [5, 5.41) is 0. The number of allylic oxidation sites excluding steroid dienone is 22. The summed E-state index contributed by atoms with van der Waals surface area (Å²) in [6.45, 7) is 6.36. The molecule has 73 heavy (non-hydrogen) atoms. The van der Waals surface area contributed by atoms with Crippen LogP contribution in [0, 0.1) is 0 Å². The van der Waals surface area contributed by atoms with Gasteiger partial charge in [0.25, 0.3) is 0 Å². The van der Waals surface area contributed by atoms with Gasteiger partial charge in [0.05, 0.1) is 0 Å². The lowest BCUT2D eigenvalue weighted by Crippen LogP contribution is -2.30. The fourth-order valence-corrected chi connectivity index (χ4v) is 7.77. The number of hydrogen-bond donors (Lipinski definition) is 0. The third-order valence-electron chi connectivity index (χ3n) is 12.2. The maximum atomic E-state index is 12.9. The lowest BCUT2D eigenvalue weighted by molar-refractivity contribution is -0.167. The zero-order valence-corrected chi connectivity index (χ0v) is 47.1. The Morgan fingerprint density at radius 3 is 0.849 bits per heavy atom. The minimum Gasteiger partial charge on any atom is -0.462 e. The van der Waals surface area contributed by atoms with Crippen LogP contribution < -0.4 is 0 Å². The lowest BCUT2D eigenvalue weighted by atomic mass is 10.1. The highest BCUT2D eigenvalue weighted by atomic mass is 16.6. The largest absolute Gasteiger partial charge is 0.462 e. The van der Waals surface area contributed by atoms with E-state index in [4.69, 9.17) is 14.2 Å². The Hall–Kier alpha value is -4.45. The summed E-state index contributed by atoms with van der Waals surface area (Å²) in [4.78, 5) is 38.2. The van der Waals surface area contributed by atoms with Gasteiger partial charge in [0.2, 0.25) is 0 Å². The maximum absolute atomic E-state index is 12.9. The second-order valence-corrected chi connectivity index (χ2v) is 19.1. The van der Waals surface area contributed by atoms with Crippen LogP contribution in [-0.4, -0.2) is 37.2 Å². The number of carbonyl (C=O) groups is 3. The first kappa shape index (κ1) is 68.6. The molecule has 1 unspecified atom stereocenters. The van der Waals surface area contributed by atoms with Gasteiger partial charge < -0.3 is 14.2 Å². The fourth-order valence-electron chi connectivity index (χ4n) is 7.77. The second-order valence-electron chi connectivity index (χ2n) is 19.1. The smallest absolute Gasteiger partial charge is 0.306 e. The van der Waals surface area contributed by atoms with Gasteiger partial charge >= 0.3 is 17.9 Å². The van der Waals surface area contributed by atoms with Crippen LogP contribution in [0.5, 0.6) is 0 Å². The molecule has 0 aromatic heterocycles. The molecule has 0 radical (unpaired) electrons. The molecular formula is C67H108O6. The zero-order valence-electron chi connectivity index (χ0n) is 47.1. The summed E-state index contributed by atoms with van der Waals surface area (Å²) in [5.74, 6) is -0.949. The Balaban J connectivity index is 4.42. The van der Waals surface area contributed by atoms with Gasteiger partial charge in [-0.1, -0.05) is 251 Å². The second kappa shape index (κ2) is 60.1. The summed E-state index contributed by atoms with van der Waals surface area (Å²) in [7, 11) is 0. The van der Waals surface area contributed by atoms with E-state index in [0.717, 1.165) is 148 Å². The molecule has 0 aliphatic heterocycles. The van der Waals surface area contributed by atoms with E-state index in [1.165, 1.54) is 64.2 Å². The van der Waals surface area contributed by atoms with E-state index >= 15 is 0 Å². The Morgan fingerprint density at radius 2 is 0.534 bits per heavy atom. The van der Waals surface area contributed by atoms with Crippen LogP contribution in [0.3, 0.4) is 0 Å². The van der Waals surface area contributed by atoms with Crippen LogP contribution >= 0.6 is 0 Å². The van der Waals surface area contributed by atoms with Crippen molar-refractivity contribution in [2.24, 2.45) is 0 Å². The summed E-state index contributed by atoms with van der Waals surface area (Å²) in [6.07, 6.45) is 84.4. The molecule has 0 rings (SSSR count). The molecule has 0 fully saturated rings. The van der Waals surface area contributed by atoms with Crippen LogP contribution in [-0.2, 0) is 28.6 Å². The predicted octanol–water partition coefficient (Wildman–Crippen LogP) is 20.2.